The summed E-state index contributed by atoms with van der Waals surface area (Å²) < 4.78 is 30.8. The summed E-state index contributed by atoms with van der Waals surface area (Å²) in [5.41, 5.74) is 3.18. The Morgan fingerprint density at radius 2 is 1.27 bits per heavy atom. The quantitative estimate of drug-likeness (QED) is 0.174. The van der Waals surface area contributed by atoms with Crippen LogP contribution < -0.4 is 0 Å². The molecule has 0 amide bonds. The van der Waals surface area contributed by atoms with Crippen LogP contribution in [0.5, 0.6) is 0 Å². The Kier molecular flexibility index (Phi) is 10.5. The van der Waals surface area contributed by atoms with Gasteiger partial charge in [0.2, 0.25) is 7.44 Å². The molecule has 0 aromatic heterocycles. The Bertz CT molecular complexity index is 1270. The number of nitrogens with zero attached hydrogens (tertiary/aromatic N) is 4. The van der Waals surface area contributed by atoms with Crippen LogP contribution in [0.2, 0.25) is 0 Å². The molecule has 2 saturated heterocycles. The highest BCUT2D eigenvalue weighted by Gasteiger charge is 2.45. The first-order valence-corrected chi connectivity index (χ1v) is 17.5. The predicted molar refractivity (Wildman–Crippen MR) is 180 cm³/mol. The fourth-order valence-corrected chi connectivity index (χ4v) is 8.74. The normalized spacial score (nSPS) is 22.6. The van der Waals surface area contributed by atoms with Gasteiger partial charge in [-0.1, -0.05) is 91.0 Å². The van der Waals surface area contributed by atoms with E-state index in [0.717, 1.165) is 19.6 Å². The SMILES string of the molecule is [B]C1CN(C(C)(C)C)CC(COCP(=O)(N(C)C)N2CCN(C(c3ccccc3)(c3ccccc3)c3ccccc3)CC2)O1. The lowest BCUT2D eigenvalue weighted by Gasteiger charge is -2.50. The standard InChI is InChI=1S/C35H48BN4O3P/c1-34(2,3)39-25-32(43-33(36)26-39)27-42-28-44(41,37(4)5)40-23-21-38(22-24-40)35(29-15-9-6-10-16-29,30-17-11-7-12-18-30)31-19-13-8-14-20-31/h6-20,32-33H,21-28H2,1-5H3. The lowest BCUT2D eigenvalue weighted by Crippen LogP contribution is -2.56. The summed E-state index contributed by atoms with van der Waals surface area (Å²) in [5, 5.41) is 0. The Balaban J connectivity index is 1.35. The van der Waals surface area contributed by atoms with E-state index in [2.05, 4.69) is 126 Å². The van der Waals surface area contributed by atoms with E-state index in [1.807, 2.05) is 18.8 Å². The zero-order valence-corrected chi connectivity index (χ0v) is 27.9. The lowest BCUT2D eigenvalue weighted by molar-refractivity contribution is -0.101. The smallest absolute Gasteiger partial charge is 0.241 e. The minimum atomic E-state index is -2.97. The Morgan fingerprint density at radius 1 is 0.795 bits per heavy atom. The molecule has 2 aliphatic rings. The fraction of sp³-hybridized carbons (Fsp3) is 0.486. The van der Waals surface area contributed by atoms with Gasteiger partial charge in [-0.3, -0.25) is 14.4 Å². The van der Waals surface area contributed by atoms with E-state index in [0.29, 0.717) is 26.2 Å². The minimum absolute atomic E-state index is 0.00722. The first-order valence-electron chi connectivity index (χ1n) is 15.7. The van der Waals surface area contributed by atoms with Gasteiger partial charge in [-0.2, -0.15) is 0 Å². The monoisotopic (exact) mass is 614 g/mol. The average molecular weight is 615 g/mol. The van der Waals surface area contributed by atoms with Crippen molar-refractivity contribution in [2.45, 2.75) is 44.0 Å². The molecule has 9 heteroatoms. The lowest BCUT2D eigenvalue weighted by atomic mass is 9.75. The highest BCUT2D eigenvalue weighted by atomic mass is 31.2. The first kappa shape index (κ1) is 33.1. The predicted octanol–water partition coefficient (Wildman–Crippen LogP) is 5.32. The maximum atomic E-state index is 14.6. The van der Waals surface area contributed by atoms with Gasteiger partial charge in [0, 0.05) is 50.8 Å². The van der Waals surface area contributed by atoms with Crippen molar-refractivity contribution in [1.82, 2.24) is 19.1 Å². The van der Waals surface area contributed by atoms with E-state index in [1.54, 1.807) is 0 Å². The highest BCUT2D eigenvalue weighted by molar-refractivity contribution is 7.58. The molecular weight excluding hydrogens is 566 g/mol. The molecule has 0 N–H and O–H groups in total. The van der Waals surface area contributed by atoms with Crippen molar-refractivity contribution >= 4 is 15.3 Å². The third-order valence-corrected chi connectivity index (χ3v) is 12.1. The molecule has 2 radical (unpaired) electrons. The van der Waals surface area contributed by atoms with Gasteiger partial charge in [-0.25, -0.2) is 9.34 Å². The zero-order chi connectivity index (χ0) is 31.4. The van der Waals surface area contributed by atoms with Crippen LogP contribution in [0, 0.1) is 0 Å². The number of piperazine rings is 1. The molecule has 0 bridgehead atoms. The van der Waals surface area contributed by atoms with Crippen molar-refractivity contribution in [2.75, 3.05) is 66.3 Å². The third kappa shape index (κ3) is 6.92. The molecule has 3 aromatic rings. The fourth-order valence-electron chi connectivity index (χ4n) is 6.69. The Labute approximate surface area is 266 Å². The van der Waals surface area contributed by atoms with Gasteiger partial charge < -0.3 is 9.47 Å². The van der Waals surface area contributed by atoms with Crippen LogP contribution >= 0.6 is 7.44 Å². The average Bonchev–Trinajstić information content (AvgIpc) is 3.02. The van der Waals surface area contributed by atoms with E-state index < -0.39 is 13.0 Å². The van der Waals surface area contributed by atoms with E-state index in [4.69, 9.17) is 17.3 Å². The first-order chi connectivity index (χ1) is 21.0. The Hall–Kier alpha value is -2.29. The molecular formula is C35H48BN4O3P. The number of benzene rings is 3. The molecule has 3 aromatic carbocycles. The van der Waals surface area contributed by atoms with Gasteiger partial charge in [-0.15, -0.1) is 0 Å². The second kappa shape index (κ2) is 14.0. The Morgan fingerprint density at radius 3 is 1.70 bits per heavy atom. The molecule has 0 aliphatic carbocycles. The number of morpholine rings is 1. The van der Waals surface area contributed by atoms with E-state index in [-0.39, 0.29) is 24.0 Å². The molecule has 5 rings (SSSR count). The summed E-state index contributed by atoms with van der Waals surface area (Å²) in [4.78, 5) is 4.89. The summed E-state index contributed by atoms with van der Waals surface area (Å²) in [7, 11) is 7.03. The molecule has 3 atom stereocenters. The van der Waals surface area contributed by atoms with Crippen molar-refractivity contribution in [3.63, 3.8) is 0 Å². The van der Waals surface area contributed by atoms with E-state index in [9.17, 15) is 4.57 Å². The molecule has 44 heavy (non-hydrogen) atoms. The molecule has 7 nitrogen and oxygen atoms in total. The molecule has 2 aliphatic heterocycles. The second-order valence-corrected chi connectivity index (χ2v) is 16.1. The van der Waals surface area contributed by atoms with Gasteiger partial charge in [-0.05, 0) is 51.6 Å². The van der Waals surface area contributed by atoms with Crippen LogP contribution in [0.4, 0.5) is 0 Å². The van der Waals surface area contributed by atoms with Gasteiger partial charge >= 0.3 is 0 Å². The summed E-state index contributed by atoms with van der Waals surface area (Å²) in [6.45, 7) is 11.2. The van der Waals surface area contributed by atoms with E-state index >= 15 is 0 Å². The maximum absolute atomic E-state index is 14.6. The topological polar surface area (TPSA) is 48.5 Å². The maximum Gasteiger partial charge on any atom is 0.241 e. The van der Waals surface area contributed by atoms with Crippen molar-refractivity contribution in [3.05, 3.63) is 108 Å². The number of ether oxygens (including phenoxy) is 2. The molecule has 2 heterocycles. The van der Waals surface area contributed by atoms with Gasteiger partial charge in [0.05, 0.1) is 18.2 Å². The zero-order valence-electron chi connectivity index (χ0n) is 27.0. The summed E-state index contributed by atoms with van der Waals surface area (Å²) >= 11 is 0. The summed E-state index contributed by atoms with van der Waals surface area (Å²) in [6, 6.07) is 31.9. The molecule has 2 fully saturated rings. The van der Waals surface area contributed by atoms with Gasteiger partial charge in [0.15, 0.2) is 0 Å². The van der Waals surface area contributed by atoms with E-state index in [1.165, 1.54) is 16.7 Å². The summed E-state index contributed by atoms with van der Waals surface area (Å²) in [5.74, 6) is 0. The minimum Gasteiger partial charge on any atom is -0.380 e. The van der Waals surface area contributed by atoms with Crippen molar-refractivity contribution < 1.29 is 14.0 Å². The van der Waals surface area contributed by atoms with Crippen LogP contribution in [-0.4, -0.2) is 111 Å². The second-order valence-electron chi connectivity index (χ2n) is 13.1. The van der Waals surface area contributed by atoms with Crippen LogP contribution in [0.15, 0.2) is 91.0 Å². The highest BCUT2D eigenvalue weighted by Crippen LogP contribution is 2.53. The molecule has 0 spiro atoms. The largest absolute Gasteiger partial charge is 0.380 e. The molecule has 234 valence electrons. The number of hydrogen-bond donors (Lipinski definition) is 0. The van der Waals surface area contributed by atoms with Gasteiger partial charge in [0.1, 0.15) is 14.2 Å². The van der Waals surface area contributed by atoms with Crippen LogP contribution in [0.3, 0.4) is 0 Å². The molecule has 3 unspecified atom stereocenters. The van der Waals surface area contributed by atoms with Crippen molar-refractivity contribution in [3.8, 4) is 0 Å². The molecule has 0 saturated carbocycles. The van der Waals surface area contributed by atoms with Crippen LogP contribution in [0.25, 0.3) is 0 Å². The third-order valence-electron chi connectivity index (χ3n) is 9.08. The van der Waals surface area contributed by atoms with Crippen molar-refractivity contribution in [1.29, 1.82) is 0 Å². The summed E-state index contributed by atoms with van der Waals surface area (Å²) in [6.07, 6.45) is -0.0140. The van der Waals surface area contributed by atoms with Crippen molar-refractivity contribution in [2.24, 2.45) is 0 Å². The van der Waals surface area contributed by atoms with Crippen LogP contribution in [-0.2, 0) is 19.6 Å². The number of hydrogen-bond acceptors (Lipinski definition) is 5. The van der Waals surface area contributed by atoms with Gasteiger partial charge in [0.25, 0.3) is 0 Å². The number of rotatable bonds is 10. The van der Waals surface area contributed by atoms with Crippen LogP contribution in [0.1, 0.15) is 37.5 Å².